The molecule has 0 unspecified atom stereocenters. The van der Waals surface area contributed by atoms with Gasteiger partial charge >= 0.3 is 0 Å². The third-order valence-electron chi connectivity index (χ3n) is 3.40. The number of rotatable bonds is 1. The largest absolute Gasteiger partial charge is 0.337 e. The van der Waals surface area contributed by atoms with E-state index in [-0.39, 0.29) is 5.91 Å². The summed E-state index contributed by atoms with van der Waals surface area (Å²) in [7, 11) is 0. The van der Waals surface area contributed by atoms with Crippen LogP contribution < -0.4 is 0 Å². The fraction of sp³-hybridized carbons (Fsp3) is 0.462. The van der Waals surface area contributed by atoms with Gasteiger partial charge in [0.2, 0.25) is 0 Å². The van der Waals surface area contributed by atoms with Crippen LogP contribution in [-0.4, -0.2) is 38.5 Å². The minimum absolute atomic E-state index is 0.0431. The van der Waals surface area contributed by atoms with Gasteiger partial charge in [0.15, 0.2) is 5.65 Å². The SMILES string of the molecule is Cc1cc(C(=O)N2CCCCC2)nc2ccnn12. The number of amides is 1. The molecule has 2 aromatic heterocycles. The van der Waals surface area contributed by atoms with E-state index < -0.39 is 0 Å². The van der Waals surface area contributed by atoms with E-state index >= 15 is 0 Å². The summed E-state index contributed by atoms with van der Waals surface area (Å²) in [6.45, 7) is 3.64. The molecule has 1 aliphatic rings. The van der Waals surface area contributed by atoms with Gasteiger partial charge in [-0.15, -0.1) is 0 Å². The van der Waals surface area contributed by atoms with Crippen LogP contribution >= 0.6 is 0 Å². The van der Waals surface area contributed by atoms with Crippen molar-refractivity contribution < 1.29 is 4.79 Å². The smallest absolute Gasteiger partial charge is 0.272 e. The monoisotopic (exact) mass is 244 g/mol. The van der Waals surface area contributed by atoms with Gasteiger partial charge in [0.05, 0.1) is 6.20 Å². The summed E-state index contributed by atoms with van der Waals surface area (Å²) in [4.78, 5) is 18.6. The summed E-state index contributed by atoms with van der Waals surface area (Å²) in [5.74, 6) is 0.0431. The molecule has 3 heterocycles. The molecule has 3 rings (SSSR count). The highest BCUT2D eigenvalue weighted by atomic mass is 16.2. The maximum Gasteiger partial charge on any atom is 0.272 e. The number of piperidine rings is 1. The summed E-state index contributed by atoms with van der Waals surface area (Å²) in [5, 5.41) is 4.16. The molecule has 0 atom stereocenters. The van der Waals surface area contributed by atoms with Gasteiger partial charge in [0.25, 0.3) is 5.91 Å². The minimum Gasteiger partial charge on any atom is -0.337 e. The molecule has 2 aromatic rings. The summed E-state index contributed by atoms with van der Waals surface area (Å²) >= 11 is 0. The lowest BCUT2D eigenvalue weighted by Gasteiger charge is -2.26. The number of carbonyl (C=O) groups excluding carboxylic acids is 1. The number of likely N-dealkylation sites (tertiary alicyclic amines) is 1. The van der Waals surface area contributed by atoms with Crippen LogP contribution in [0.15, 0.2) is 18.3 Å². The van der Waals surface area contributed by atoms with Crippen LogP contribution in [0.4, 0.5) is 0 Å². The Kier molecular flexibility index (Phi) is 2.74. The highest BCUT2D eigenvalue weighted by Gasteiger charge is 2.20. The summed E-state index contributed by atoms with van der Waals surface area (Å²) in [5.41, 5.74) is 2.20. The van der Waals surface area contributed by atoms with Crippen LogP contribution in [0.5, 0.6) is 0 Å². The lowest BCUT2D eigenvalue weighted by Crippen LogP contribution is -2.36. The van der Waals surface area contributed by atoms with Crippen molar-refractivity contribution in [2.75, 3.05) is 13.1 Å². The first-order chi connectivity index (χ1) is 8.75. The van der Waals surface area contributed by atoms with Crippen molar-refractivity contribution in [1.82, 2.24) is 19.5 Å². The Balaban J connectivity index is 1.95. The second-order valence-corrected chi connectivity index (χ2v) is 4.74. The molecule has 0 radical (unpaired) electrons. The van der Waals surface area contributed by atoms with Gasteiger partial charge in [-0.05, 0) is 32.3 Å². The predicted octanol–water partition coefficient (Wildman–Crippen LogP) is 1.66. The molecule has 1 aliphatic heterocycles. The van der Waals surface area contributed by atoms with E-state index in [1.54, 1.807) is 10.7 Å². The normalized spacial score (nSPS) is 16.2. The van der Waals surface area contributed by atoms with Crippen LogP contribution in [0.25, 0.3) is 5.65 Å². The summed E-state index contributed by atoms with van der Waals surface area (Å²) < 4.78 is 1.74. The highest BCUT2D eigenvalue weighted by molar-refractivity contribution is 5.93. The second kappa shape index (κ2) is 4.40. The number of carbonyl (C=O) groups is 1. The number of hydrogen-bond acceptors (Lipinski definition) is 3. The van der Waals surface area contributed by atoms with Crippen LogP contribution in [0.3, 0.4) is 0 Å². The summed E-state index contributed by atoms with van der Waals surface area (Å²) in [6.07, 6.45) is 5.11. The lowest BCUT2D eigenvalue weighted by atomic mass is 10.1. The molecule has 1 saturated heterocycles. The molecule has 0 aliphatic carbocycles. The predicted molar refractivity (Wildman–Crippen MR) is 67.5 cm³/mol. The van der Waals surface area contributed by atoms with E-state index in [2.05, 4.69) is 10.1 Å². The Bertz CT molecular complexity index is 584. The van der Waals surface area contributed by atoms with Gasteiger partial charge in [-0.25, -0.2) is 9.50 Å². The molecule has 5 nitrogen and oxygen atoms in total. The average Bonchev–Trinajstić information content (AvgIpc) is 2.88. The first kappa shape index (κ1) is 11.2. The molecule has 1 amide bonds. The molecule has 0 N–H and O–H groups in total. The maximum absolute atomic E-state index is 12.4. The van der Waals surface area contributed by atoms with Crippen molar-refractivity contribution in [2.45, 2.75) is 26.2 Å². The number of aryl methyl sites for hydroxylation is 1. The Morgan fingerprint density at radius 3 is 2.83 bits per heavy atom. The maximum atomic E-state index is 12.4. The molecule has 0 spiro atoms. The average molecular weight is 244 g/mol. The molecular formula is C13H16N4O. The quantitative estimate of drug-likeness (QED) is 0.766. The fourth-order valence-electron chi connectivity index (χ4n) is 2.44. The molecule has 5 heteroatoms. The van der Waals surface area contributed by atoms with Gasteiger partial charge in [-0.3, -0.25) is 4.79 Å². The van der Waals surface area contributed by atoms with Crippen molar-refractivity contribution in [1.29, 1.82) is 0 Å². The van der Waals surface area contributed by atoms with Crippen molar-refractivity contribution in [3.63, 3.8) is 0 Å². The fourth-order valence-corrected chi connectivity index (χ4v) is 2.44. The van der Waals surface area contributed by atoms with E-state index in [4.69, 9.17) is 0 Å². The topological polar surface area (TPSA) is 50.5 Å². The Morgan fingerprint density at radius 2 is 2.06 bits per heavy atom. The summed E-state index contributed by atoms with van der Waals surface area (Å²) in [6, 6.07) is 3.64. The van der Waals surface area contributed by atoms with Crippen molar-refractivity contribution >= 4 is 11.6 Å². The second-order valence-electron chi connectivity index (χ2n) is 4.74. The molecule has 1 fully saturated rings. The first-order valence-electron chi connectivity index (χ1n) is 6.36. The molecule has 0 bridgehead atoms. The molecule has 0 aromatic carbocycles. The number of nitrogens with zero attached hydrogens (tertiary/aromatic N) is 4. The zero-order valence-corrected chi connectivity index (χ0v) is 10.5. The van der Waals surface area contributed by atoms with Crippen LogP contribution in [0, 0.1) is 6.92 Å². The van der Waals surface area contributed by atoms with E-state index in [1.807, 2.05) is 24.0 Å². The van der Waals surface area contributed by atoms with Crippen molar-refractivity contribution in [2.24, 2.45) is 0 Å². The van der Waals surface area contributed by atoms with Crippen molar-refractivity contribution in [3.8, 4) is 0 Å². The standard InChI is InChI=1S/C13H16N4O/c1-10-9-11(15-12-5-6-14-17(10)12)13(18)16-7-3-2-4-8-16/h5-6,9H,2-4,7-8H2,1H3. The Labute approximate surface area is 105 Å². The Morgan fingerprint density at radius 1 is 1.28 bits per heavy atom. The van der Waals surface area contributed by atoms with Crippen LogP contribution in [0.1, 0.15) is 35.4 Å². The van der Waals surface area contributed by atoms with Gasteiger partial charge in [0, 0.05) is 24.8 Å². The molecular weight excluding hydrogens is 228 g/mol. The number of fused-ring (bicyclic) bond motifs is 1. The third-order valence-corrected chi connectivity index (χ3v) is 3.40. The molecule has 94 valence electrons. The highest BCUT2D eigenvalue weighted by Crippen LogP contribution is 2.13. The van der Waals surface area contributed by atoms with E-state index in [0.717, 1.165) is 37.3 Å². The number of hydrogen-bond donors (Lipinski definition) is 0. The van der Waals surface area contributed by atoms with Gasteiger partial charge in [-0.1, -0.05) is 0 Å². The first-order valence-corrected chi connectivity index (χ1v) is 6.36. The van der Waals surface area contributed by atoms with Crippen LogP contribution in [0.2, 0.25) is 0 Å². The third kappa shape index (κ3) is 1.85. The molecule has 18 heavy (non-hydrogen) atoms. The van der Waals surface area contributed by atoms with Gasteiger partial charge in [-0.2, -0.15) is 5.10 Å². The van der Waals surface area contributed by atoms with Crippen molar-refractivity contribution in [3.05, 3.63) is 29.7 Å². The van der Waals surface area contributed by atoms with Gasteiger partial charge in [0.1, 0.15) is 5.69 Å². The van der Waals surface area contributed by atoms with E-state index in [9.17, 15) is 4.79 Å². The van der Waals surface area contributed by atoms with Gasteiger partial charge < -0.3 is 4.90 Å². The minimum atomic E-state index is 0.0431. The lowest BCUT2D eigenvalue weighted by molar-refractivity contribution is 0.0718. The number of aromatic nitrogens is 3. The van der Waals surface area contributed by atoms with Crippen LogP contribution in [-0.2, 0) is 0 Å². The Hall–Kier alpha value is -1.91. The zero-order valence-electron chi connectivity index (χ0n) is 10.5. The van der Waals surface area contributed by atoms with E-state index in [1.165, 1.54) is 6.42 Å². The zero-order chi connectivity index (χ0) is 12.5. The molecule has 0 saturated carbocycles. The van der Waals surface area contributed by atoms with E-state index in [0.29, 0.717) is 5.69 Å².